The van der Waals surface area contributed by atoms with Crippen LogP contribution in [-0.2, 0) is 4.74 Å². The van der Waals surface area contributed by atoms with Crippen LogP contribution in [0.1, 0.15) is 0 Å². The third-order valence-corrected chi connectivity index (χ3v) is 3.44. The van der Waals surface area contributed by atoms with E-state index in [0.29, 0.717) is 22.3 Å². The van der Waals surface area contributed by atoms with Gasteiger partial charge in [0, 0.05) is 19.8 Å². The van der Waals surface area contributed by atoms with Crippen molar-refractivity contribution in [2.24, 2.45) is 0 Å². The van der Waals surface area contributed by atoms with Crippen LogP contribution in [0.4, 0.5) is 10.5 Å². The largest absolute Gasteiger partial charge is 0.359 e. The number of benzene rings is 1. The van der Waals surface area contributed by atoms with Crippen LogP contribution >= 0.6 is 23.2 Å². The average molecular weight is 275 g/mol. The summed E-state index contributed by atoms with van der Waals surface area (Å²) in [7, 11) is 3.30. The second-order valence-electron chi connectivity index (χ2n) is 3.82. The van der Waals surface area contributed by atoms with Gasteiger partial charge < -0.3 is 9.64 Å². The molecule has 1 atom stereocenters. The van der Waals surface area contributed by atoms with Crippen LogP contribution in [0, 0.1) is 0 Å². The molecule has 1 heterocycles. The molecule has 0 spiro atoms. The summed E-state index contributed by atoms with van der Waals surface area (Å²) < 4.78 is 5.28. The van der Waals surface area contributed by atoms with Crippen LogP contribution in [0.5, 0.6) is 0 Å². The number of urea groups is 1. The van der Waals surface area contributed by atoms with Crippen molar-refractivity contribution in [3.63, 3.8) is 0 Å². The minimum Gasteiger partial charge on any atom is -0.359 e. The molecule has 4 nitrogen and oxygen atoms in total. The highest BCUT2D eigenvalue weighted by atomic mass is 35.5. The molecule has 0 aliphatic carbocycles. The second kappa shape index (κ2) is 4.72. The van der Waals surface area contributed by atoms with Crippen LogP contribution in [0.3, 0.4) is 0 Å². The van der Waals surface area contributed by atoms with Gasteiger partial charge in [-0.25, -0.2) is 4.79 Å². The van der Waals surface area contributed by atoms with E-state index in [1.165, 1.54) is 0 Å². The number of hydrogen-bond donors (Lipinski definition) is 0. The third kappa shape index (κ3) is 2.20. The smallest absolute Gasteiger partial charge is 0.326 e. The van der Waals surface area contributed by atoms with Gasteiger partial charge in [0.2, 0.25) is 0 Å². The van der Waals surface area contributed by atoms with Gasteiger partial charge in [-0.05, 0) is 18.2 Å². The van der Waals surface area contributed by atoms with Crippen molar-refractivity contribution in [3.05, 3.63) is 28.2 Å². The first kappa shape index (κ1) is 12.5. The predicted octanol–water partition coefficient (Wildman–Crippen LogP) is 2.84. The van der Waals surface area contributed by atoms with Crippen LogP contribution in [0.2, 0.25) is 10.0 Å². The highest BCUT2D eigenvalue weighted by molar-refractivity contribution is 6.42. The van der Waals surface area contributed by atoms with Crippen molar-refractivity contribution < 1.29 is 9.53 Å². The number of carbonyl (C=O) groups excluding carboxylic acids is 1. The van der Waals surface area contributed by atoms with Gasteiger partial charge in [0.15, 0.2) is 6.23 Å². The summed E-state index contributed by atoms with van der Waals surface area (Å²) in [5.41, 5.74) is 0.681. The van der Waals surface area contributed by atoms with Crippen molar-refractivity contribution >= 4 is 34.9 Å². The fourth-order valence-corrected chi connectivity index (χ4v) is 2.08. The molecule has 17 heavy (non-hydrogen) atoms. The number of likely N-dealkylation sites (N-methyl/N-ethyl adjacent to an activating group) is 1. The van der Waals surface area contributed by atoms with E-state index in [1.54, 1.807) is 42.2 Å². The minimum absolute atomic E-state index is 0.116. The lowest BCUT2D eigenvalue weighted by atomic mass is 10.3. The van der Waals surface area contributed by atoms with Crippen LogP contribution in [-0.4, -0.2) is 37.9 Å². The number of ether oxygens (including phenoxy) is 1. The molecule has 0 radical (unpaired) electrons. The molecule has 0 aromatic heterocycles. The van der Waals surface area contributed by atoms with E-state index in [4.69, 9.17) is 27.9 Å². The summed E-state index contributed by atoms with van der Waals surface area (Å²) >= 11 is 11.8. The Labute approximate surface area is 110 Å². The molecule has 1 unspecified atom stereocenters. The first-order chi connectivity index (χ1) is 8.04. The van der Waals surface area contributed by atoms with Gasteiger partial charge in [0.25, 0.3) is 0 Å². The van der Waals surface area contributed by atoms with Gasteiger partial charge >= 0.3 is 6.03 Å². The fraction of sp³-hybridized carbons (Fsp3) is 0.364. The Morgan fingerprint density at radius 2 is 2.06 bits per heavy atom. The average Bonchev–Trinajstić information content (AvgIpc) is 2.59. The van der Waals surface area contributed by atoms with E-state index in [2.05, 4.69) is 0 Å². The number of carbonyl (C=O) groups is 1. The Morgan fingerprint density at radius 3 is 2.65 bits per heavy atom. The molecule has 2 amide bonds. The first-order valence-corrected chi connectivity index (χ1v) is 5.82. The molecule has 6 heteroatoms. The number of rotatable bonds is 2. The maximum Gasteiger partial charge on any atom is 0.326 e. The monoisotopic (exact) mass is 274 g/mol. The van der Waals surface area contributed by atoms with E-state index in [0.717, 1.165) is 0 Å². The van der Waals surface area contributed by atoms with Gasteiger partial charge in [-0.2, -0.15) is 0 Å². The molecule has 1 aromatic carbocycles. The first-order valence-electron chi connectivity index (χ1n) is 5.06. The molecule has 0 N–H and O–H groups in total. The zero-order valence-electron chi connectivity index (χ0n) is 9.48. The Kier molecular flexibility index (Phi) is 3.47. The third-order valence-electron chi connectivity index (χ3n) is 2.70. The van der Waals surface area contributed by atoms with Crippen molar-refractivity contribution in [1.29, 1.82) is 0 Å². The molecule has 1 aliphatic rings. The molecule has 2 rings (SSSR count). The lowest BCUT2D eigenvalue weighted by Gasteiger charge is -2.22. The van der Waals surface area contributed by atoms with Crippen molar-refractivity contribution in [2.45, 2.75) is 6.23 Å². The van der Waals surface area contributed by atoms with E-state index >= 15 is 0 Å². The Morgan fingerprint density at radius 1 is 1.35 bits per heavy atom. The molecule has 0 saturated carbocycles. The van der Waals surface area contributed by atoms with E-state index in [9.17, 15) is 4.79 Å². The highest BCUT2D eigenvalue weighted by Crippen LogP contribution is 2.30. The van der Waals surface area contributed by atoms with Crippen molar-refractivity contribution in [3.8, 4) is 0 Å². The van der Waals surface area contributed by atoms with Crippen LogP contribution < -0.4 is 4.90 Å². The maximum atomic E-state index is 12.0. The van der Waals surface area contributed by atoms with Gasteiger partial charge in [-0.3, -0.25) is 4.90 Å². The van der Waals surface area contributed by atoms with Crippen LogP contribution in [0.15, 0.2) is 18.2 Å². The summed E-state index contributed by atoms with van der Waals surface area (Å²) in [6.45, 7) is 0.523. The predicted molar refractivity (Wildman–Crippen MR) is 67.8 cm³/mol. The Hall–Kier alpha value is -0.970. The number of methoxy groups -OCH3 is 1. The summed E-state index contributed by atoms with van der Waals surface area (Å²) in [5.74, 6) is 0. The zero-order valence-corrected chi connectivity index (χ0v) is 11.0. The van der Waals surface area contributed by atoms with Gasteiger partial charge in [-0.1, -0.05) is 23.2 Å². The minimum atomic E-state index is -0.301. The second-order valence-corrected chi connectivity index (χ2v) is 4.64. The quantitative estimate of drug-likeness (QED) is 0.831. The number of hydrogen-bond acceptors (Lipinski definition) is 2. The van der Waals surface area contributed by atoms with Crippen LogP contribution in [0.25, 0.3) is 0 Å². The van der Waals surface area contributed by atoms with Gasteiger partial charge in [-0.15, -0.1) is 0 Å². The molecule has 1 saturated heterocycles. The Bertz CT molecular complexity index is 453. The van der Waals surface area contributed by atoms with E-state index in [-0.39, 0.29) is 12.3 Å². The summed E-state index contributed by atoms with van der Waals surface area (Å²) in [4.78, 5) is 15.1. The van der Waals surface area contributed by atoms with E-state index < -0.39 is 0 Å². The number of amides is 2. The lowest BCUT2D eigenvalue weighted by molar-refractivity contribution is 0.112. The molecular weight excluding hydrogens is 263 g/mol. The number of anilines is 1. The topological polar surface area (TPSA) is 32.8 Å². The Balaban J connectivity index is 2.37. The van der Waals surface area contributed by atoms with Gasteiger partial charge in [0.1, 0.15) is 0 Å². The number of nitrogens with zero attached hydrogens (tertiary/aromatic N) is 2. The molecule has 0 bridgehead atoms. The summed E-state index contributed by atoms with van der Waals surface area (Å²) in [5, 5.41) is 0.880. The zero-order chi connectivity index (χ0) is 12.6. The van der Waals surface area contributed by atoms with E-state index in [1.807, 2.05) is 0 Å². The molecule has 1 aliphatic heterocycles. The maximum absolute atomic E-state index is 12.0. The summed E-state index contributed by atoms with van der Waals surface area (Å²) in [6, 6.07) is 4.96. The SMILES string of the molecule is COC1CN(C)C(=O)N1c1ccc(Cl)c(Cl)c1. The lowest BCUT2D eigenvalue weighted by Crippen LogP contribution is -2.35. The van der Waals surface area contributed by atoms with Gasteiger partial charge in [0.05, 0.1) is 16.6 Å². The highest BCUT2D eigenvalue weighted by Gasteiger charge is 2.36. The molecule has 1 aromatic rings. The number of halogens is 2. The summed E-state index contributed by atoms with van der Waals surface area (Å²) in [6.07, 6.45) is -0.301. The van der Waals surface area contributed by atoms with Crippen molar-refractivity contribution in [2.75, 3.05) is 25.6 Å². The van der Waals surface area contributed by atoms with Crippen molar-refractivity contribution in [1.82, 2.24) is 4.90 Å². The standard InChI is InChI=1S/C11H12Cl2N2O2/c1-14-6-10(17-2)15(11(14)16)7-3-4-8(12)9(13)5-7/h3-5,10H,6H2,1-2H3. The molecule has 1 fully saturated rings. The normalized spacial score (nSPS) is 20.2. The molecular formula is C11H12Cl2N2O2. The molecule has 92 valence electrons. The fourth-order valence-electron chi connectivity index (χ4n) is 1.79.